The Kier molecular flexibility index (Phi) is 56.1. The maximum absolute atomic E-state index is 12.4. The molecule has 0 bridgehead atoms. The van der Waals surface area contributed by atoms with E-state index in [4.69, 9.17) is 4.74 Å². The molecule has 1 amide bonds. The van der Waals surface area contributed by atoms with Crippen LogP contribution in [0.5, 0.6) is 0 Å². The first-order valence-corrected chi connectivity index (χ1v) is 30.1. The standard InChI is InChI=1S/C63H115NO5/c1-3-5-7-9-11-13-14-15-34-37-41-45-49-53-57-63(68)69-58-54-50-46-42-38-35-32-30-28-26-24-22-20-18-16-17-19-21-23-25-27-29-31-33-36-40-44-48-52-56-62(67)64-60(59-65)61(66)55-51-47-43-39-12-10-8-6-4-2/h9,11,14-16,18,22,24,51,55,60-61,65-66H,3-8,10,12-13,17,19-21,23,25-50,52-54,56-59H2,1-2H3,(H,64,67)/b11-9-,15-14-,18-16-,24-22-,55-51+. The van der Waals surface area contributed by atoms with E-state index in [-0.39, 0.29) is 18.5 Å². The number of nitrogens with one attached hydrogen (secondary N) is 1. The van der Waals surface area contributed by atoms with E-state index in [1.807, 2.05) is 6.08 Å². The van der Waals surface area contributed by atoms with Crippen molar-refractivity contribution in [3.8, 4) is 0 Å². The summed E-state index contributed by atoms with van der Waals surface area (Å²) < 4.78 is 5.47. The Hall–Kier alpha value is -2.44. The largest absolute Gasteiger partial charge is 0.466 e. The predicted octanol–water partition coefficient (Wildman–Crippen LogP) is 18.7. The number of allylic oxidation sites excluding steroid dienone is 9. The van der Waals surface area contributed by atoms with Gasteiger partial charge in [0, 0.05) is 12.8 Å². The lowest BCUT2D eigenvalue weighted by molar-refractivity contribution is -0.143. The molecule has 0 spiro atoms. The molecule has 2 unspecified atom stereocenters. The smallest absolute Gasteiger partial charge is 0.305 e. The van der Waals surface area contributed by atoms with Crippen LogP contribution in [0.2, 0.25) is 0 Å². The average Bonchev–Trinajstić information content (AvgIpc) is 3.35. The molecular formula is C63H115NO5. The summed E-state index contributed by atoms with van der Waals surface area (Å²) in [7, 11) is 0. The third-order valence-corrected chi connectivity index (χ3v) is 13.5. The van der Waals surface area contributed by atoms with Crippen molar-refractivity contribution < 1.29 is 24.5 Å². The summed E-state index contributed by atoms with van der Waals surface area (Å²) in [5.74, 6) is -0.0763. The van der Waals surface area contributed by atoms with Crippen LogP contribution in [0.15, 0.2) is 60.8 Å². The Balaban J connectivity index is 3.41. The summed E-state index contributed by atoms with van der Waals surface area (Å²) in [6.07, 6.45) is 75.6. The highest BCUT2D eigenvalue weighted by Gasteiger charge is 2.18. The van der Waals surface area contributed by atoms with Gasteiger partial charge in [0.15, 0.2) is 0 Å². The van der Waals surface area contributed by atoms with Crippen molar-refractivity contribution in [3.63, 3.8) is 0 Å². The molecule has 0 rings (SSSR count). The number of carbonyl (C=O) groups is 2. The second kappa shape index (κ2) is 58.1. The number of aliphatic hydroxyl groups is 2. The Bertz CT molecular complexity index is 1210. The highest BCUT2D eigenvalue weighted by atomic mass is 16.5. The van der Waals surface area contributed by atoms with Gasteiger partial charge in [0.2, 0.25) is 5.91 Å². The van der Waals surface area contributed by atoms with Gasteiger partial charge in [0.1, 0.15) is 0 Å². The van der Waals surface area contributed by atoms with Gasteiger partial charge in [-0.2, -0.15) is 0 Å². The van der Waals surface area contributed by atoms with Crippen LogP contribution in [0, 0.1) is 0 Å². The minimum Gasteiger partial charge on any atom is -0.466 e. The van der Waals surface area contributed by atoms with Crippen LogP contribution >= 0.6 is 0 Å². The average molecular weight is 967 g/mol. The maximum atomic E-state index is 12.4. The predicted molar refractivity (Wildman–Crippen MR) is 301 cm³/mol. The molecule has 0 aliphatic carbocycles. The van der Waals surface area contributed by atoms with Crippen molar-refractivity contribution in [2.24, 2.45) is 0 Å². The number of hydrogen-bond acceptors (Lipinski definition) is 5. The topological polar surface area (TPSA) is 95.9 Å². The van der Waals surface area contributed by atoms with E-state index < -0.39 is 12.1 Å². The number of carbonyl (C=O) groups excluding carboxylic acids is 2. The fraction of sp³-hybridized carbons (Fsp3) is 0.810. The van der Waals surface area contributed by atoms with E-state index in [0.717, 1.165) is 57.8 Å². The molecule has 69 heavy (non-hydrogen) atoms. The minimum atomic E-state index is -0.843. The number of esters is 1. The van der Waals surface area contributed by atoms with Crippen molar-refractivity contribution in [2.45, 2.75) is 315 Å². The summed E-state index contributed by atoms with van der Waals surface area (Å²) in [6.45, 7) is 4.82. The van der Waals surface area contributed by atoms with E-state index in [2.05, 4.69) is 67.8 Å². The fourth-order valence-corrected chi connectivity index (χ4v) is 8.86. The minimum absolute atomic E-state index is 0.00386. The molecule has 0 radical (unpaired) electrons. The van der Waals surface area contributed by atoms with E-state index in [1.54, 1.807) is 6.08 Å². The normalized spacial score (nSPS) is 13.0. The van der Waals surface area contributed by atoms with Crippen LogP contribution < -0.4 is 5.32 Å². The molecule has 6 heteroatoms. The second-order valence-corrected chi connectivity index (χ2v) is 20.3. The van der Waals surface area contributed by atoms with Crippen LogP contribution in [0.4, 0.5) is 0 Å². The first-order valence-electron chi connectivity index (χ1n) is 30.1. The molecule has 0 aliphatic heterocycles. The summed E-state index contributed by atoms with van der Waals surface area (Å²) in [4.78, 5) is 24.4. The number of aliphatic hydroxyl groups excluding tert-OH is 2. The molecule has 3 N–H and O–H groups in total. The number of ether oxygens (including phenoxy) is 1. The number of amides is 1. The highest BCUT2D eigenvalue weighted by molar-refractivity contribution is 5.76. The van der Waals surface area contributed by atoms with Gasteiger partial charge < -0.3 is 20.3 Å². The quantitative estimate of drug-likeness (QED) is 0.0321. The second-order valence-electron chi connectivity index (χ2n) is 20.3. The Morgan fingerprint density at radius 1 is 0.406 bits per heavy atom. The summed E-state index contributed by atoms with van der Waals surface area (Å²) >= 11 is 0. The van der Waals surface area contributed by atoms with Crippen molar-refractivity contribution >= 4 is 11.9 Å². The van der Waals surface area contributed by atoms with Gasteiger partial charge >= 0.3 is 5.97 Å². The van der Waals surface area contributed by atoms with E-state index in [1.165, 1.54) is 218 Å². The Morgan fingerprint density at radius 2 is 0.739 bits per heavy atom. The first-order chi connectivity index (χ1) is 34.0. The van der Waals surface area contributed by atoms with Gasteiger partial charge in [-0.05, 0) is 89.9 Å². The van der Waals surface area contributed by atoms with Crippen molar-refractivity contribution in [3.05, 3.63) is 60.8 Å². The molecule has 0 aromatic rings. The lowest BCUT2D eigenvalue weighted by Crippen LogP contribution is -2.45. The summed E-state index contributed by atoms with van der Waals surface area (Å²) in [5.41, 5.74) is 0. The van der Waals surface area contributed by atoms with Crippen molar-refractivity contribution in [2.75, 3.05) is 13.2 Å². The molecule has 2 atom stereocenters. The summed E-state index contributed by atoms with van der Waals surface area (Å²) in [5, 5.41) is 22.9. The number of rotatable bonds is 55. The molecular weight excluding hydrogens is 851 g/mol. The third kappa shape index (κ3) is 54.7. The third-order valence-electron chi connectivity index (χ3n) is 13.5. The maximum Gasteiger partial charge on any atom is 0.305 e. The van der Waals surface area contributed by atoms with Gasteiger partial charge in [-0.25, -0.2) is 0 Å². The molecule has 0 aromatic heterocycles. The molecule has 6 nitrogen and oxygen atoms in total. The molecule has 0 saturated heterocycles. The molecule has 0 saturated carbocycles. The molecule has 0 aliphatic rings. The van der Waals surface area contributed by atoms with Gasteiger partial charge in [-0.3, -0.25) is 9.59 Å². The van der Waals surface area contributed by atoms with Gasteiger partial charge in [0.25, 0.3) is 0 Å². The number of unbranched alkanes of at least 4 members (excludes halogenated alkanes) is 36. The number of hydrogen-bond donors (Lipinski definition) is 3. The van der Waals surface area contributed by atoms with Gasteiger partial charge in [-0.15, -0.1) is 0 Å². The van der Waals surface area contributed by atoms with E-state index in [0.29, 0.717) is 19.4 Å². The van der Waals surface area contributed by atoms with Gasteiger partial charge in [0.05, 0.1) is 25.4 Å². The summed E-state index contributed by atoms with van der Waals surface area (Å²) in [6, 6.07) is -0.627. The zero-order valence-electron chi connectivity index (χ0n) is 45.8. The highest BCUT2D eigenvalue weighted by Crippen LogP contribution is 2.16. The van der Waals surface area contributed by atoms with E-state index >= 15 is 0 Å². The fourth-order valence-electron chi connectivity index (χ4n) is 8.86. The van der Waals surface area contributed by atoms with Crippen LogP contribution in [0.25, 0.3) is 0 Å². The Labute approximate surface area is 428 Å². The molecule has 402 valence electrons. The lowest BCUT2D eigenvalue weighted by Gasteiger charge is -2.20. The van der Waals surface area contributed by atoms with Crippen LogP contribution in [0.3, 0.4) is 0 Å². The van der Waals surface area contributed by atoms with Crippen LogP contribution in [-0.4, -0.2) is 47.4 Å². The van der Waals surface area contributed by atoms with Gasteiger partial charge in [-0.1, -0.05) is 261 Å². The first kappa shape index (κ1) is 66.6. The Morgan fingerprint density at radius 3 is 1.14 bits per heavy atom. The van der Waals surface area contributed by atoms with Crippen molar-refractivity contribution in [1.29, 1.82) is 0 Å². The zero-order valence-corrected chi connectivity index (χ0v) is 45.8. The SMILES string of the molecule is CCCC/C=C\C/C=C\CCCCCCCC(=O)OCCCCCCCCCCC/C=C\C/C=C\CCCCCCCCCCCCCCCC(=O)NC(CO)C(O)/C=C/CCCCCCCCC. The monoisotopic (exact) mass is 966 g/mol. The lowest BCUT2D eigenvalue weighted by atomic mass is 10.0. The molecule has 0 heterocycles. The zero-order chi connectivity index (χ0) is 50.0. The van der Waals surface area contributed by atoms with E-state index in [9.17, 15) is 19.8 Å². The van der Waals surface area contributed by atoms with Crippen molar-refractivity contribution in [1.82, 2.24) is 5.32 Å². The van der Waals surface area contributed by atoms with Crippen LogP contribution in [-0.2, 0) is 14.3 Å². The van der Waals surface area contributed by atoms with Crippen LogP contribution in [0.1, 0.15) is 303 Å². The molecule has 0 fully saturated rings. The molecule has 0 aromatic carbocycles.